The summed E-state index contributed by atoms with van der Waals surface area (Å²) in [6, 6.07) is 21.2. The molecule has 6 aliphatic rings. The first-order valence-electron chi connectivity index (χ1n) is 25.3. The van der Waals surface area contributed by atoms with Crippen LogP contribution in [0.4, 0.5) is 5.69 Å². The third-order valence-electron chi connectivity index (χ3n) is 16.9. The molecule has 74 heavy (non-hydrogen) atoms. The summed E-state index contributed by atoms with van der Waals surface area (Å²) in [5.41, 5.74) is 2.96. The quantitative estimate of drug-likeness (QED) is 0.0743. The van der Waals surface area contributed by atoms with E-state index in [0.717, 1.165) is 70.6 Å². The van der Waals surface area contributed by atoms with Crippen LogP contribution in [0.3, 0.4) is 0 Å². The highest BCUT2D eigenvalue weighted by molar-refractivity contribution is 5.94. The van der Waals surface area contributed by atoms with Crippen molar-refractivity contribution in [2.24, 2.45) is 11.3 Å². The highest BCUT2D eigenvalue weighted by Crippen LogP contribution is 2.68. The molecule has 10 rings (SSSR count). The summed E-state index contributed by atoms with van der Waals surface area (Å²) in [6.07, 6.45) is 3.92. The zero-order valence-corrected chi connectivity index (χ0v) is 42.7. The number of benzene rings is 3. The van der Waals surface area contributed by atoms with Gasteiger partial charge in [-0.3, -0.25) is 24.2 Å². The number of likely N-dealkylation sites (N-methyl/N-ethyl adjacent to an activating group) is 1. The number of carbonyl (C=O) groups excluding carboxylic acids is 3. The largest absolute Gasteiger partial charge is 0.496 e. The van der Waals surface area contributed by atoms with Crippen LogP contribution in [0, 0.1) is 11.3 Å². The van der Waals surface area contributed by atoms with E-state index in [0.29, 0.717) is 38.1 Å². The number of nitrogens with one attached hydrogen (secondary N) is 2. The normalized spacial score (nSPS) is 30.1. The van der Waals surface area contributed by atoms with Gasteiger partial charge >= 0.3 is 23.9 Å². The highest BCUT2D eigenvalue weighted by atomic mass is 16.6. The van der Waals surface area contributed by atoms with E-state index in [9.17, 15) is 24.3 Å². The van der Waals surface area contributed by atoms with Crippen molar-refractivity contribution in [1.29, 1.82) is 0 Å². The molecule has 18 nitrogen and oxygen atoms in total. The van der Waals surface area contributed by atoms with Crippen molar-refractivity contribution in [1.82, 2.24) is 20.1 Å². The lowest BCUT2D eigenvalue weighted by atomic mass is 9.47. The number of H-pyrrole nitrogens is 1. The minimum absolute atomic E-state index is 0.0378. The van der Waals surface area contributed by atoms with E-state index in [2.05, 4.69) is 81.3 Å². The fourth-order valence-corrected chi connectivity index (χ4v) is 14.2. The van der Waals surface area contributed by atoms with E-state index in [1.807, 2.05) is 49.5 Å². The second-order valence-electron chi connectivity index (χ2n) is 20.9. The molecule has 6 heterocycles. The molecule has 11 atom stereocenters. The van der Waals surface area contributed by atoms with E-state index in [1.54, 1.807) is 7.11 Å². The van der Waals surface area contributed by atoms with Crippen LogP contribution < -0.4 is 15.0 Å². The van der Waals surface area contributed by atoms with Gasteiger partial charge in [0.15, 0.2) is 12.2 Å². The molecule has 1 amide bonds. The molecule has 1 saturated heterocycles. The van der Waals surface area contributed by atoms with Gasteiger partial charge in [-0.15, -0.1) is 0 Å². The van der Waals surface area contributed by atoms with Crippen molar-refractivity contribution in [2.45, 2.75) is 106 Å². The van der Waals surface area contributed by atoms with Gasteiger partial charge in [-0.05, 0) is 67.0 Å². The van der Waals surface area contributed by atoms with E-state index < -0.39 is 64.1 Å². The maximum absolute atomic E-state index is 15.3. The van der Waals surface area contributed by atoms with Crippen molar-refractivity contribution in [3.8, 4) is 5.75 Å². The zero-order valence-electron chi connectivity index (χ0n) is 42.7. The highest BCUT2D eigenvalue weighted by Gasteiger charge is 2.78. The standard InChI is InChI=1S/C52H61N5O7.C4H6O6/c1-7-33-23-35-27-51(48(60)63-6,44-37(30-56(28-33)29-35)36-17-12-13-18-40(36)54-44)39-25-38-41(26-42(39)62-5)55(4)46-50(38)20-22-57-21-14-19-49(8-2,45(50)57)47(64-32(3)58)52(46,61)31-53-43(59)24-34-15-10-9-11-16-34;5-1(3(7)8)2(6)4(9)10/h9-19,23,25-26,35,45-47,54,61H,7-8,20-22,24,27-31H2,1-6H3,(H,53,59);1-2,5-6H,(H,7,8)(H,9,10)/t35-,45-,46+,47+,49+,50+,51-,52-;/m0./s1. The fourth-order valence-electron chi connectivity index (χ4n) is 14.2. The SMILES string of the molecule is CCC1=C[C@@H]2CN(C1)Cc1c([nH]c3ccccc13)[C@@](C(=O)OC)(c1cc3c(cc1OC)N(C)[C@H]1[C@@](O)(CNC(=O)Cc4ccccc4)[C@H](OC(C)=O)[C@]4(CC)C=CCN5CC[C@]31[C@@H]54)C2.O=C(O)C(O)C(O)C(=O)O. The second kappa shape index (κ2) is 19.9. The van der Waals surface area contributed by atoms with Crippen LogP contribution in [0.2, 0.25) is 0 Å². The molecular formula is C56H67N5O13. The van der Waals surface area contributed by atoms with Crippen LogP contribution in [0.15, 0.2) is 90.5 Å². The summed E-state index contributed by atoms with van der Waals surface area (Å²) in [5, 5.41) is 50.6. The van der Waals surface area contributed by atoms with Gasteiger partial charge in [0.05, 0.1) is 33.2 Å². The smallest absolute Gasteiger partial charge is 0.335 e. The maximum Gasteiger partial charge on any atom is 0.335 e. The third kappa shape index (κ3) is 8.25. The molecular weight excluding hydrogens is 951 g/mol. The van der Waals surface area contributed by atoms with Gasteiger partial charge in [0, 0.05) is 90.9 Å². The Morgan fingerprint density at radius 1 is 0.919 bits per heavy atom. The van der Waals surface area contributed by atoms with Gasteiger partial charge < -0.3 is 54.9 Å². The Morgan fingerprint density at radius 3 is 2.27 bits per heavy atom. The molecule has 3 unspecified atom stereocenters. The summed E-state index contributed by atoms with van der Waals surface area (Å²) < 4.78 is 18.9. The molecule has 2 fully saturated rings. The van der Waals surface area contributed by atoms with Crippen LogP contribution in [-0.2, 0) is 57.2 Å². The summed E-state index contributed by atoms with van der Waals surface area (Å²) in [4.78, 5) is 73.0. The number of hydrogen-bond acceptors (Lipinski definition) is 14. The number of aliphatic hydroxyl groups is 3. The summed E-state index contributed by atoms with van der Waals surface area (Å²) in [5.74, 6) is -4.06. The number of para-hydroxylation sites is 1. The number of ether oxygens (including phenoxy) is 3. The molecule has 7 N–H and O–H groups in total. The van der Waals surface area contributed by atoms with E-state index >= 15 is 4.79 Å². The van der Waals surface area contributed by atoms with Crippen molar-refractivity contribution < 1.29 is 63.7 Å². The van der Waals surface area contributed by atoms with E-state index in [4.69, 9.17) is 34.6 Å². The topological polar surface area (TPSA) is 252 Å². The van der Waals surface area contributed by atoms with Crippen molar-refractivity contribution in [3.63, 3.8) is 0 Å². The Bertz CT molecular complexity index is 2900. The number of hydrogen-bond donors (Lipinski definition) is 7. The van der Waals surface area contributed by atoms with Crippen molar-refractivity contribution in [3.05, 3.63) is 118 Å². The third-order valence-corrected chi connectivity index (χ3v) is 16.9. The van der Waals surface area contributed by atoms with Crippen LogP contribution in [-0.4, -0.2) is 160 Å². The van der Waals surface area contributed by atoms with Gasteiger partial charge in [0.2, 0.25) is 5.91 Å². The van der Waals surface area contributed by atoms with E-state index in [1.165, 1.54) is 19.6 Å². The zero-order chi connectivity index (χ0) is 53.1. The lowest BCUT2D eigenvalue weighted by molar-refractivity contribution is -0.217. The number of aliphatic hydroxyl groups excluding tert-OH is 2. The van der Waals surface area contributed by atoms with Crippen LogP contribution in [0.25, 0.3) is 10.9 Å². The molecule has 1 aromatic heterocycles. The minimum Gasteiger partial charge on any atom is -0.496 e. The molecule has 3 aromatic carbocycles. The van der Waals surface area contributed by atoms with Crippen LogP contribution in [0.5, 0.6) is 5.75 Å². The fraction of sp³-hybridized carbons (Fsp3) is 0.482. The molecule has 2 bridgehead atoms. The van der Waals surface area contributed by atoms with Crippen molar-refractivity contribution >= 4 is 46.4 Å². The number of rotatable bonds is 13. The number of aliphatic carboxylic acids is 2. The Kier molecular flexibility index (Phi) is 14.1. The first-order valence-corrected chi connectivity index (χ1v) is 25.3. The van der Waals surface area contributed by atoms with Gasteiger partial charge in [0.25, 0.3) is 0 Å². The van der Waals surface area contributed by atoms with Gasteiger partial charge in [-0.2, -0.15) is 0 Å². The molecule has 18 heteroatoms. The summed E-state index contributed by atoms with van der Waals surface area (Å²) >= 11 is 0. The number of amides is 1. The number of aromatic nitrogens is 1. The molecule has 1 spiro atoms. The van der Waals surface area contributed by atoms with Crippen LogP contribution >= 0.6 is 0 Å². The average Bonchev–Trinajstić information content (AvgIpc) is 4.05. The number of carboxylic acid groups (broad SMARTS) is 2. The number of carboxylic acids is 2. The second-order valence-corrected chi connectivity index (χ2v) is 20.9. The van der Waals surface area contributed by atoms with Crippen molar-refractivity contribution in [2.75, 3.05) is 58.9 Å². The van der Waals surface area contributed by atoms with Gasteiger partial charge in [-0.1, -0.05) is 86.2 Å². The average molecular weight is 1020 g/mol. The Balaban J connectivity index is 0.000000610. The number of esters is 2. The van der Waals surface area contributed by atoms with Gasteiger partial charge in [-0.25, -0.2) is 9.59 Å². The number of anilines is 1. The lowest BCUT2D eigenvalue weighted by Gasteiger charge is -2.64. The Labute approximate surface area is 429 Å². The summed E-state index contributed by atoms with van der Waals surface area (Å²) in [6.45, 7) is 9.34. The predicted molar refractivity (Wildman–Crippen MR) is 273 cm³/mol. The predicted octanol–water partition coefficient (Wildman–Crippen LogP) is 3.82. The van der Waals surface area contributed by atoms with Gasteiger partial charge in [0.1, 0.15) is 22.9 Å². The molecule has 394 valence electrons. The van der Waals surface area contributed by atoms with E-state index in [-0.39, 0.29) is 36.8 Å². The first-order chi connectivity index (χ1) is 35.3. The first kappa shape index (κ1) is 52.3. The number of aromatic amines is 1. The Morgan fingerprint density at radius 2 is 1.62 bits per heavy atom. The maximum atomic E-state index is 15.3. The van der Waals surface area contributed by atoms with Crippen LogP contribution in [0.1, 0.15) is 74.4 Å². The molecule has 4 aromatic rings. The summed E-state index contributed by atoms with van der Waals surface area (Å²) in [7, 11) is 5.13. The molecule has 1 aliphatic carbocycles. The number of fused-ring (bicyclic) bond motifs is 6. The number of methoxy groups -OCH3 is 2. The lowest BCUT2D eigenvalue weighted by Crippen LogP contribution is -2.81. The number of carbonyl (C=O) groups is 5. The minimum atomic E-state index is -2.27. The number of nitrogens with zero attached hydrogens (tertiary/aromatic N) is 3. The monoisotopic (exact) mass is 1020 g/mol. The Hall–Kier alpha value is -6.57. The molecule has 1 saturated carbocycles. The molecule has 0 radical (unpaired) electrons. The molecule has 5 aliphatic heterocycles.